The fourth-order valence-corrected chi connectivity index (χ4v) is 2.36. The van der Waals surface area contributed by atoms with Crippen LogP contribution in [0.3, 0.4) is 0 Å². The molecule has 1 heterocycles. The van der Waals surface area contributed by atoms with Crippen molar-refractivity contribution in [3.05, 3.63) is 18.0 Å². The maximum atomic E-state index is 4.18. The lowest BCUT2D eigenvalue weighted by Gasteiger charge is -2.15. The molecule has 86 valence electrons. The molecule has 0 aromatic carbocycles. The Morgan fingerprint density at radius 1 is 1.60 bits per heavy atom. The van der Waals surface area contributed by atoms with Gasteiger partial charge in [-0.25, -0.2) is 0 Å². The molecule has 0 aliphatic carbocycles. The van der Waals surface area contributed by atoms with Gasteiger partial charge in [-0.05, 0) is 31.2 Å². The molecule has 0 saturated carbocycles. The number of thioether (sulfide) groups is 1. The first-order chi connectivity index (χ1) is 7.26. The third-order valence-corrected chi connectivity index (χ3v) is 3.14. The maximum absolute atomic E-state index is 4.18. The first-order valence-electron chi connectivity index (χ1n) is 5.46. The van der Waals surface area contributed by atoms with Crippen molar-refractivity contribution in [1.29, 1.82) is 0 Å². The number of aromatic nitrogens is 2. The summed E-state index contributed by atoms with van der Waals surface area (Å²) in [6.45, 7) is 3.22. The van der Waals surface area contributed by atoms with Crippen LogP contribution in [0.2, 0.25) is 0 Å². The molecule has 0 fully saturated rings. The van der Waals surface area contributed by atoms with Gasteiger partial charge in [-0.3, -0.25) is 4.68 Å². The zero-order valence-electron chi connectivity index (χ0n) is 9.86. The van der Waals surface area contributed by atoms with E-state index in [9.17, 15) is 0 Å². The molecule has 3 nitrogen and oxygen atoms in total. The second-order valence-electron chi connectivity index (χ2n) is 3.77. The smallest absolute Gasteiger partial charge is 0.0521 e. The van der Waals surface area contributed by atoms with Gasteiger partial charge in [0.1, 0.15) is 0 Å². The predicted octanol–water partition coefficient (Wildman–Crippen LogP) is 1.69. The van der Waals surface area contributed by atoms with Crippen LogP contribution in [0.5, 0.6) is 0 Å². The molecule has 1 atom stereocenters. The second kappa shape index (κ2) is 6.90. The topological polar surface area (TPSA) is 29.9 Å². The van der Waals surface area contributed by atoms with Crippen molar-refractivity contribution in [3.8, 4) is 0 Å². The summed E-state index contributed by atoms with van der Waals surface area (Å²) in [5, 5.41) is 7.69. The molecule has 0 amide bonds. The van der Waals surface area contributed by atoms with Crippen LogP contribution in [0.25, 0.3) is 0 Å². The van der Waals surface area contributed by atoms with E-state index < -0.39 is 0 Å². The lowest BCUT2D eigenvalue weighted by Crippen LogP contribution is -2.31. The van der Waals surface area contributed by atoms with E-state index in [4.69, 9.17) is 0 Å². The van der Waals surface area contributed by atoms with E-state index in [1.807, 2.05) is 29.7 Å². The first kappa shape index (κ1) is 12.6. The maximum Gasteiger partial charge on any atom is 0.0521 e. The zero-order chi connectivity index (χ0) is 11.1. The van der Waals surface area contributed by atoms with Crippen molar-refractivity contribution >= 4 is 11.8 Å². The Kier molecular flexibility index (Phi) is 5.79. The highest BCUT2D eigenvalue weighted by molar-refractivity contribution is 7.98. The highest BCUT2D eigenvalue weighted by atomic mass is 32.2. The second-order valence-corrected chi connectivity index (χ2v) is 4.68. The summed E-state index contributed by atoms with van der Waals surface area (Å²) in [5.41, 5.74) is 1.33. The molecular formula is C11H21N3S. The molecule has 0 aliphatic rings. The van der Waals surface area contributed by atoms with Gasteiger partial charge < -0.3 is 5.32 Å². The number of rotatable bonds is 7. The van der Waals surface area contributed by atoms with Crippen LogP contribution in [0.1, 0.15) is 18.9 Å². The third-order valence-electron chi connectivity index (χ3n) is 2.40. The van der Waals surface area contributed by atoms with Crippen molar-refractivity contribution in [2.24, 2.45) is 7.05 Å². The van der Waals surface area contributed by atoms with Gasteiger partial charge in [0.2, 0.25) is 0 Å². The van der Waals surface area contributed by atoms with Crippen LogP contribution >= 0.6 is 11.8 Å². The summed E-state index contributed by atoms with van der Waals surface area (Å²) in [6, 6.07) is 0.630. The average Bonchev–Trinajstić information content (AvgIpc) is 2.61. The fraction of sp³-hybridized carbons (Fsp3) is 0.727. The van der Waals surface area contributed by atoms with Crippen LogP contribution in [0.4, 0.5) is 0 Å². The largest absolute Gasteiger partial charge is 0.313 e. The minimum atomic E-state index is 0.630. The minimum absolute atomic E-state index is 0.630. The molecule has 0 spiro atoms. The molecule has 0 bridgehead atoms. The summed E-state index contributed by atoms with van der Waals surface area (Å²) < 4.78 is 1.87. The van der Waals surface area contributed by atoms with Crippen LogP contribution in [-0.2, 0) is 13.5 Å². The van der Waals surface area contributed by atoms with Crippen molar-refractivity contribution in [2.75, 3.05) is 18.6 Å². The summed E-state index contributed by atoms with van der Waals surface area (Å²) in [7, 11) is 1.97. The number of nitrogens with zero attached hydrogens (tertiary/aromatic N) is 2. The van der Waals surface area contributed by atoms with E-state index in [1.54, 1.807) is 0 Å². The number of nitrogens with one attached hydrogen (secondary N) is 1. The quantitative estimate of drug-likeness (QED) is 0.769. The van der Waals surface area contributed by atoms with Gasteiger partial charge >= 0.3 is 0 Å². The highest BCUT2D eigenvalue weighted by Crippen LogP contribution is 2.07. The third kappa shape index (κ3) is 4.71. The Hall–Kier alpha value is -0.480. The minimum Gasteiger partial charge on any atom is -0.313 e. The Morgan fingerprint density at radius 2 is 2.40 bits per heavy atom. The number of hydrogen-bond donors (Lipinski definition) is 1. The molecule has 4 heteroatoms. The number of hydrogen-bond acceptors (Lipinski definition) is 3. The Morgan fingerprint density at radius 3 is 2.93 bits per heavy atom. The molecule has 1 aromatic heterocycles. The van der Waals surface area contributed by atoms with Gasteiger partial charge in [0.05, 0.1) is 6.20 Å². The summed E-state index contributed by atoms with van der Waals surface area (Å²) in [6.07, 6.45) is 8.53. The van der Waals surface area contributed by atoms with Gasteiger partial charge in [0.25, 0.3) is 0 Å². The molecule has 0 aliphatic heterocycles. The highest BCUT2D eigenvalue weighted by Gasteiger charge is 2.07. The summed E-state index contributed by atoms with van der Waals surface area (Å²) in [4.78, 5) is 0. The Bertz CT molecular complexity index is 267. The molecule has 1 N–H and O–H groups in total. The van der Waals surface area contributed by atoms with Gasteiger partial charge in [0.15, 0.2) is 0 Å². The van der Waals surface area contributed by atoms with E-state index in [1.165, 1.54) is 17.7 Å². The van der Waals surface area contributed by atoms with Crippen molar-refractivity contribution in [2.45, 2.75) is 25.8 Å². The van der Waals surface area contributed by atoms with Crippen LogP contribution < -0.4 is 5.32 Å². The lowest BCUT2D eigenvalue weighted by molar-refractivity contribution is 0.538. The lowest BCUT2D eigenvalue weighted by atomic mass is 10.1. The molecular weight excluding hydrogens is 206 g/mol. The van der Waals surface area contributed by atoms with Crippen LogP contribution in [0, 0.1) is 0 Å². The standard InChI is InChI=1S/C11H21N3S/c1-4-12-11(9-15-3)6-5-10-7-13-14(2)8-10/h7-8,11-12H,4-6,9H2,1-3H3. The monoisotopic (exact) mass is 227 g/mol. The number of aryl methyl sites for hydroxylation is 2. The Labute approximate surface area is 96.6 Å². The van der Waals surface area contributed by atoms with Gasteiger partial charge in [-0.15, -0.1) is 0 Å². The van der Waals surface area contributed by atoms with Gasteiger partial charge in [-0.2, -0.15) is 16.9 Å². The van der Waals surface area contributed by atoms with Crippen molar-refractivity contribution < 1.29 is 0 Å². The van der Waals surface area contributed by atoms with E-state index >= 15 is 0 Å². The first-order valence-corrected chi connectivity index (χ1v) is 6.85. The molecule has 1 unspecified atom stereocenters. The molecule has 1 rings (SSSR count). The zero-order valence-corrected chi connectivity index (χ0v) is 10.7. The molecule has 0 saturated heterocycles. The van der Waals surface area contributed by atoms with E-state index in [-0.39, 0.29) is 0 Å². The van der Waals surface area contributed by atoms with E-state index in [2.05, 4.69) is 29.8 Å². The van der Waals surface area contributed by atoms with Gasteiger partial charge in [-0.1, -0.05) is 6.92 Å². The predicted molar refractivity (Wildman–Crippen MR) is 67.4 cm³/mol. The summed E-state index contributed by atoms with van der Waals surface area (Å²) >= 11 is 1.91. The van der Waals surface area contributed by atoms with Crippen LogP contribution in [-0.4, -0.2) is 34.4 Å². The SMILES string of the molecule is CCNC(CCc1cnn(C)c1)CSC. The van der Waals surface area contributed by atoms with E-state index in [0.717, 1.165) is 13.0 Å². The molecule has 1 aromatic rings. The molecule has 0 radical (unpaired) electrons. The van der Waals surface area contributed by atoms with E-state index in [0.29, 0.717) is 6.04 Å². The summed E-state index contributed by atoms with van der Waals surface area (Å²) in [5.74, 6) is 1.19. The van der Waals surface area contributed by atoms with Crippen LogP contribution in [0.15, 0.2) is 12.4 Å². The fourth-order valence-electron chi connectivity index (χ4n) is 1.68. The Balaban J connectivity index is 2.32. The van der Waals surface area contributed by atoms with Crippen molar-refractivity contribution in [3.63, 3.8) is 0 Å². The van der Waals surface area contributed by atoms with Gasteiger partial charge in [0, 0.05) is 25.0 Å². The average molecular weight is 227 g/mol. The molecule has 15 heavy (non-hydrogen) atoms. The van der Waals surface area contributed by atoms with Crippen molar-refractivity contribution in [1.82, 2.24) is 15.1 Å². The normalized spacial score (nSPS) is 13.0.